The number of carbonyl (C=O) groups is 3. The molecule has 0 radical (unpaired) electrons. The fourth-order valence-electron chi connectivity index (χ4n) is 4.70. The maximum atomic E-state index is 13.2. The van der Waals surface area contributed by atoms with Crippen LogP contribution < -0.4 is 15.5 Å². The molecule has 9 heteroatoms. The van der Waals surface area contributed by atoms with E-state index in [1.807, 2.05) is 53.4 Å². The third-order valence-corrected chi connectivity index (χ3v) is 6.72. The number of amidine groups is 1. The van der Waals surface area contributed by atoms with Gasteiger partial charge in [-0.3, -0.25) is 20.3 Å². The summed E-state index contributed by atoms with van der Waals surface area (Å²) < 4.78 is 9.63. The first-order chi connectivity index (χ1) is 19.4. The van der Waals surface area contributed by atoms with E-state index in [4.69, 9.17) is 10.1 Å². The number of hydrogen-bond acceptors (Lipinski definition) is 7. The molecule has 0 aliphatic carbocycles. The van der Waals surface area contributed by atoms with Gasteiger partial charge in [-0.25, -0.2) is 4.79 Å². The van der Waals surface area contributed by atoms with Crippen LogP contribution in [-0.2, 0) is 38.3 Å². The first-order valence-corrected chi connectivity index (χ1v) is 13.3. The lowest BCUT2D eigenvalue weighted by atomic mass is 9.99. The number of esters is 1. The molecule has 1 heterocycles. The number of carbonyl (C=O) groups excluding carboxylic acids is 3. The van der Waals surface area contributed by atoms with E-state index in [-0.39, 0.29) is 24.1 Å². The van der Waals surface area contributed by atoms with Crippen LogP contribution in [-0.4, -0.2) is 44.1 Å². The SMILES string of the molecule is CCOC(=O)Cc1ccccc1Nc1ccc2c(c1)CCCN2C(=O)CCc1ccc(C(=N)NC(=O)OC)cc1. The predicted molar refractivity (Wildman–Crippen MR) is 154 cm³/mol. The van der Waals surface area contributed by atoms with Gasteiger partial charge < -0.3 is 19.7 Å². The van der Waals surface area contributed by atoms with Crippen LogP contribution in [0.25, 0.3) is 0 Å². The average molecular weight is 543 g/mol. The van der Waals surface area contributed by atoms with E-state index < -0.39 is 6.09 Å². The number of amides is 2. The van der Waals surface area contributed by atoms with Crippen molar-refractivity contribution >= 4 is 40.9 Å². The molecule has 0 aromatic heterocycles. The first kappa shape index (κ1) is 28.4. The van der Waals surface area contributed by atoms with Crippen molar-refractivity contribution in [3.63, 3.8) is 0 Å². The number of nitrogens with one attached hydrogen (secondary N) is 3. The summed E-state index contributed by atoms with van der Waals surface area (Å²) in [7, 11) is 1.25. The van der Waals surface area contributed by atoms with Crippen LogP contribution >= 0.6 is 0 Å². The first-order valence-electron chi connectivity index (χ1n) is 13.3. The Bertz CT molecular complexity index is 1390. The highest BCUT2D eigenvalue weighted by Gasteiger charge is 2.23. The number of aryl methyl sites for hydroxylation is 2. The van der Waals surface area contributed by atoms with Gasteiger partial charge in [0.15, 0.2) is 0 Å². The molecule has 0 saturated carbocycles. The molecule has 1 aliphatic rings. The van der Waals surface area contributed by atoms with Crippen molar-refractivity contribution in [2.45, 2.75) is 39.0 Å². The van der Waals surface area contributed by atoms with Crippen LogP contribution in [0.3, 0.4) is 0 Å². The largest absolute Gasteiger partial charge is 0.466 e. The van der Waals surface area contributed by atoms with E-state index in [9.17, 15) is 14.4 Å². The molecule has 3 aromatic carbocycles. The van der Waals surface area contributed by atoms with Crippen molar-refractivity contribution in [3.8, 4) is 0 Å². The Morgan fingerprint density at radius 3 is 2.55 bits per heavy atom. The zero-order chi connectivity index (χ0) is 28.5. The average Bonchev–Trinajstić information content (AvgIpc) is 2.96. The van der Waals surface area contributed by atoms with Gasteiger partial charge in [0, 0.05) is 35.6 Å². The van der Waals surface area contributed by atoms with Crippen molar-refractivity contribution in [2.24, 2.45) is 0 Å². The normalized spacial score (nSPS) is 12.2. The molecule has 0 atom stereocenters. The lowest BCUT2D eigenvalue weighted by Crippen LogP contribution is -2.35. The summed E-state index contributed by atoms with van der Waals surface area (Å²) in [6, 6.07) is 20.9. The van der Waals surface area contributed by atoms with Gasteiger partial charge in [-0.2, -0.15) is 0 Å². The van der Waals surface area contributed by atoms with Gasteiger partial charge in [0.25, 0.3) is 0 Å². The lowest BCUT2D eigenvalue weighted by molar-refractivity contribution is -0.142. The molecule has 2 amide bonds. The molecule has 1 aliphatic heterocycles. The van der Waals surface area contributed by atoms with Crippen LogP contribution in [0.15, 0.2) is 66.7 Å². The number of benzene rings is 3. The molecular formula is C31H34N4O5. The zero-order valence-corrected chi connectivity index (χ0v) is 22.8. The molecule has 0 unspecified atom stereocenters. The van der Waals surface area contributed by atoms with Gasteiger partial charge in [0.05, 0.1) is 20.1 Å². The minimum Gasteiger partial charge on any atom is -0.466 e. The molecule has 0 fully saturated rings. The summed E-state index contributed by atoms with van der Waals surface area (Å²) in [5, 5.41) is 13.7. The van der Waals surface area contributed by atoms with Crippen molar-refractivity contribution in [1.29, 1.82) is 5.41 Å². The molecule has 3 aromatic rings. The summed E-state index contributed by atoms with van der Waals surface area (Å²) in [5.41, 5.74) is 6.17. The molecule has 4 rings (SSSR count). The van der Waals surface area contributed by atoms with Gasteiger partial charge in [0.2, 0.25) is 5.91 Å². The minimum atomic E-state index is -0.691. The van der Waals surface area contributed by atoms with Crippen LogP contribution in [0.1, 0.15) is 42.0 Å². The molecule has 0 saturated heterocycles. The van der Waals surface area contributed by atoms with Crippen molar-refractivity contribution in [1.82, 2.24) is 5.32 Å². The Morgan fingerprint density at radius 1 is 1.02 bits per heavy atom. The maximum absolute atomic E-state index is 13.2. The van der Waals surface area contributed by atoms with Crippen LogP contribution in [0.2, 0.25) is 0 Å². The number of rotatable bonds is 9. The standard InChI is InChI=1S/C31H34N4O5/c1-3-40-29(37)20-23-7-4-5-9-26(23)33-25-15-16-27-24(19-25)8-6-18-35(27)28(36)17-12-21-10-13-22(14-11-21)30(32)34-31(38)39-2/h4-5,7,9-11,13-16,19,33H,3,6,8,12,17-18,20H2,1-2H3,(H2,32,34,38). The van der Waals surface area contributed by atoms with E-state index in [2.05, 4.69) is 21.4 Å². The minimum absolute atomic E-state index is 0.0456. The summed E-state index contributed by atoms with van der Waals surface area (Å²) in [6.07, 6.45) is 2.19. The van der Waals surface area contributed by atoms with Gasteiger partial charge in [-0.05, 0) is 67.1 Å². The monoisotopic (exact) mass is 542 g/mol. The Labute approximate surface area is 234 Å². The van der Waals surface area contributed by atoms with E-state index in [1.165, 1.54) is 7.11 Å². The Hall–Kier alpha value is -4.66. The number of fused-ring (bicyclic) bond motifs is 1. The van der Waals surface area contributed by atoms with Gasteiger partial charge >= 0.3 is 12.1 Å². The van der Waals surface area contributed by atoms with Gasteiger partial charge in [0.1, 0.15) is 5.84 Å². The lowest BCUT2D eigenvalue weighted by Gasteiger charge is -2.30. The fraction of sp³-hybridized carbons (Fsp3) is 0.290. The number of nitrogens with zero attached hydrogens (tertiary/aromatic N) is 1. The second kappa shape index (κ2) is 13.4. The summed E-state index contributed by atoms with van der Waals surface area (Å²) in [4.78, 5) is 38.4. The quantitative estimate of drug-likeness (QED) is 0.196. The fourth-order valence-corrected chi connectivity index (χ4v) is 4.70. The Morgan fingerprint density at radius 2 is 1.80 bits per heavy atom. The number of ether oxygens (including phenoxy) is 2. The number of para-hydroxylation sites is 1. The van der Waals surface area contributed by atoms with Crippen molar-refractivity contribution < 1.29 is 23.9 Å². The number of alkyl carbamates (subject to hydrolysis) is 1. The summed E-state index contributed by atoms with van der Waals surface area (Å²) in [5.74, 6) is -0.247. The van der Waals surface area contributed by atoms with E-state index >= 15 is 0 Å². The molecule has 3 N–H and O–H groups in total. The van der Waals surface area contributed by atoms with Gasteiger partial charge in [-0.15, -0.1) is 0 Å². The smallest absolute Gasteiger partial charge is 0.412 e. The highest BCUT2D eigenvalue weighted by atomic mass is 16.5. The third-order valence-electron chi connectivity index (χ3n) is 6.72. The van der Waals surface area contributed by atoms with E-state index in [0.29, 0.717) is 31.6 Å². The van der Waals surface area contributed by atoms with Crippen molar-refractivity contribution in [2.75, 3.05) is 30.5 Å². The van der Waals surface area contributed by atoms with Crippen LogP contribution in [0, 0.1) is 5.41 Å². The van der Waals surface area contributed by atoms with Crippen molar-refractivity contribution in [3.05, 3.63) is 89.0 Å². The summed E-state index contributed by atoms with van der Waals surface area (Å²) >= 11 is 0. The van der Waals surface area contributed by atoms with Crippen LogP contribution in [0.5, 0.6) is 0 Å². The third kappa shape index (κ3) is 7.25. The molecular weight excluding hydrogens is 508 g/mol. The van der Waals surface area contributed by atoms with E-state index in [0.717, 1.165) is 46.6 Å². The highest BCUT2D eigenvalue weighted by Crippen LogP contribution is 2.32. The topological polar surface area (TPSA) is 121 Å². The molecule has 208 valence electrons. The second-order valence-electron chi connectivity index (χ2n) is 9.44. The number of anilines is 3. The van der Waals surface area contributed by atoms with Crippen LogP contribution in [0.4, 0.5) is 21.9 Å². The highest BCUT2D eigenvalue weighted by molar-refractivity contribution is 6.04. The Balaban J connectivity index is 1.39. The Kier molecular flexibility index (Phi) is 9.51. The molecule has 9 nitrogen and oxygen atoms in total. The summed E-state index contributed by atoms with van der Waals surface area (Å²) in [6.45, 7) is 2.82. The maximum Gasteiger partial charge on any atom is 0.412 e. The zero-order valence-electron chi connectivity index (χ0n) is 22.8. The molecule has 40 heavy (non-hydrogen) atoms. The predicted octanol–water partition coefficient (Wildman–Crippen LogP) is 5.13. The number of hydrogen-bond donors (Lipinski definition) is 3. The molecule has 0 spiro atoms. The number of methoxy groups -OCH3 is 1. The molecule has 0 bridgehead atoms. The second-order valence-corrected chi connectivity index (χ2v) is 9.44. The van der Waals surface area contributed by atoms with E-state index in [1.54, 1.807) is 19.1 Å². The van der Waals surface area contributed by atoms with Gasteiger partial charge in [-0.1, -0.05) is 42.5 Å².